The zero-order valence-electron chi connectivity index (χ0n) is 10.2. The quantitative estimate of drug-likeness (QED) is 0.840. The molecule has 7 heteroatoms. The van der Waals surface area contributed by atoms with E-state index in [9.17, 15) is 27.1 Å². The summed E-state index contributed by atoms with van der Waals surface area (Å²) in [5, 5.41) is 9.68. The first kappa shape index (κ1) is 15.8. The molecule has 1 atom stereocenters. The Morgan fingerprint density at radius 2 is 1.68 bits per heavy atom. The van der Waals surface area contributed by atoms with E-state index in [1.165, 1.54) is 7.05 Å². The molecule has 1 aromatic rings. The third-order valence-corrected chi connectivity index (χ3v) is 2.50. The zero-order valence-corrected chi connectivity index (χ0v) is 10.2. The van der Waals surface area contributed by atoms with E-state index in [1.54, 1.807) is 0 Å². The van der Waals surface area contributed by atoms with Crippen LogP contribution in [0.1, 0.15) is 18.1 Å². The first-order valence-electron chi connectivity index (χ1n) is 5.57. The van der Waals surface area contributed by atoms with Crippen molar-refractivity contribution in [3.05, 3.63) is 35.4 Å². The molecular weight excluding hydrogens is 269 g/mol. The lowest BCUT2D eigenvalue weighted by Gasteiger charge is -2.20. The van der Waals surface area contributed by atoms with Crippen LogP contribution >= 0.6 is 0 Å². The molecule has 1 unspecified atom stereocenters. The molecule has 0 aliphatic heterocycles. The van der Waals surface area contributed by atoms with Crippen LogP contribution in [0.5, 0.6) is 0 Å². The van der Waals surface area contributed by atoms with E-state index >= 15 is 0 Å². The minimum atomic E-state index is -4.31. The molecule has 0 spiro atoms. The largest absolute Gasteiger partial charge is 0.401 e. The average molecular weight is 283 g/mol. The third kappa shape index (κ3) is 5.98. The van der Waals surface area contributed by atoms with Crippen LogP contribution in [0, 0.1) is 11.6 Å². The molecule has 0 aliphatic rings. The van der Waals surface area contributed by atoms with E-state index in [2.05, 4.69) is 0 Å². The van der Waals surface area contributed by atoms with Crippen molar-refractivity contribution in [2.45, 2.75) is 18.7 Å². The van der Waals surface area contributed by atoms with Crippen LogP contribution in [0.2, 0.25) is 0 Å². The Morgan fingerprint density at radius 1 is 1.16 bits per heavy atom. The number of benzene rings is 1. The van der Waals surface area contributed by atoms with Crippen molar-refractivity contribution in [1.29, 1.82) is 0 Å². The molecule has 108 valence electrons. The van der Waals surface area contributed by atoms with Gasteiger partial charge in [-0.15, -0.1) is 0 Å². The summed E-state index contributed by atoms with van der Waals surface area (Å²) >= 11 is 0. The second kappa shape index (κ2) is 6.29. The van der Waals surface area contributed by atoms with Gasteiger partial charge in [0, 0.05) is 12.6 Å². The third-order valence-electron chi connectivity index (χ3n) is 2.50. The maximum Gasteiger partial charge on any atom is 0.401 e. The number of aliphatic hydroxyl groups is 1. The van der Waals surface area contributed by atoms with Crippen LogP contribution in [0.25, 0.3) is 0 Å². The Balaban J connectivity index is 2.53. The molecule has 1 rings (SSSR count). The van der Waals surface area contributed by atoms with Crippen LogP contribution in [0.15, 0.2) is 18.2 Å². The number of nitrogens with zero attached hydrogens (tertiary/aromatic N) is 1. The first-order valence-corrected chi connectivity index (χ1v) is 5.57. The fraction of sp³-hybridized carbons (Fsp3) is 0.500. The van der Waals surface area contributed by atoms with E-state index in [4.69, 9.17) is 0 Å². The Kier molecular flexibility index (Phi) is 5.25. The molecule has 0 fully saturated rings. The lowest BCUT2D eigenvalue weighted by atomic mass is 10.1. The van der Waals surface area contributed by atoms with Gasteiger partial charge in [-0.05, 0) is 31.2 Å². The number of halogens is 5. The van der Waals surface area contributed by atoms with Crippen molar-refractivity contribution in [3.8, 4) is 0 Å². The highest BCUT2D eigenvalue weighted by atomic mass is 19.4. The second-order valence-electron chi connectivity index (χ2n) is 4.36. The summed E-state index contributed by atoms with van der Waals surface area (Å²) in [6.45, 7) is -1.14. The van der Waals surface area contributed by atoms with Crippen molar-refractivity contribution >= 4 is 0 Å². The lowest BCUT2D eigenvalue weighted by molar-refractivity contribution is -0.143. The SMILES string of the molecule is CN(CCC(O)c1cc(F)cc(F)c1)CC(F)(F)F. The minimum absolute atomic E-state index is 0.0120. The average Bonchev–Trinajstić information content (AvgIpc) is 2.22. The van der Waals surface area contributed by atoms with Gasteiger partial charge in [0.2, 0.25) is 0 Å². The van der Waals surface area contributed by atoms with Gasteiger partial charge in [0.15, 0.2) is 0 Å². The first-order chi connectivity index (χ1) is 8.67. The minimum Gasteiger partial charge on any atom is -0.388 e. The lowest BCUT2D eigenvalue weighted by Crippen LogP contribution is -2.32. The summed E-state index contributed by atoms with van der Waals surface area (Å²) < 4.78 is 62.0. The summed E-state index contributed by atoms with van der Waals surface area (Å²) in [6.07, 6.45) is -5.57. The van der Waals surface area contributed by atoms with E-state index in [-0.39, 0.29) is 18.5 Å². The van der Waals surface area contributed by atoms with Gasteiger partial charge in [0.05, 0.1) is 12.6 Å². The highest BCUT2D eigenvalue weighted by Gasteiger charge is 2.29. The van der Waals surface area contributed by atoms with Gasteiger partial charge >= 0.3 is 6.18 Å². The Morgan fingerprint density at radius 3 is 2.16 bits per heavy atom. The molecule has 0 aliphatic carbocycles. The molecule has 0 aromatic heterocycles. The predicted molar refractivity (Wildman–Crippen MR) is 59.5 cm³/mol. The number of aliphatic hydroxyl groups excluding tert-OH is 1. The molecule has 1 aromatic carbocycles. The van der Waals surface area contributed by atoms with Crippen LogP contribution in [-0.2, 0) is 0 Å². The Labute approximate surface area is 107 Å². The molecule has 0 bridgehead atoms. The van der Waals surface area contributed by atoms with Gasteiger partial charge in [-0.1, -0.05) is 0 Å². The van der Waals surface area contributed by atoms with E-state index in [0.29, 0.717) is 6.07 Å². The van der Waals surface area contributed by atoms with Crippen molar-refractivity contribution in [3.63, 3.8) is 0 Å². The topological polar surface area (TPSA) is 23.5 Å². The second-order valence-corrected chi connectivity index (χ2v) is 4.36. The van der Waals surface area contributed by atoms with Gasteiger partial charge in [0.25, 0.3) is 0 Å². The standard InChI is InChI=1S/C12H14F5NO/c1-18(7-12(15,16)17)3-2-11(19)8-4-9(13)6-10(14)5-8/h4-6,11,19H,2-3,7H2,1H3. The van der Waals surface area contributed by atoms with Crippen LogP contribution in [0.4, 0.5) is 22.0 Å². The Bertz CT molecular complexity index is 401. The summed E-state index contributed by atoms with van der Waals surface area (Å²) in [4.78, 5) is 0.985. The molecule has 1 N–H and O–H groups in total. The van der Waals surface area contributed by atoms with Gasteiger partial charge in [-0.3, -0.25) is 4.90 Å². The summed E-state index contributed by atoms with van der Waals surface area (Å²) in [5.41, 5.74) is 0.0120. The molecular formula is C12H14F5NO. The molecule has 0 saturated carbocycles. The van der Waals surface area contributed by atoms with E-state index < -0.39 is 30.5 Å². The Hall–Kier alpha value is -1.21. The fourth-order valence-corrected chi connectivity index (χ4v) is 1.66. The van der Waals surface area contributed by atoms with Gasteiger partial charge in [-0.2, -0.15) is 13.2 Å². The molecule has 2 nitrogen and oxygen atoms in total. The van der Waals surface area contributed by atoms with Crippen LogP contribution < -0.4 is 0 Å². The molecule has 0 radical (unpaired) electrons. The highest BCUT2D eigenvalue weighted by molar-refractivity contribution is 5.20. The monoisotopic (exact) mass is 283 g/mol. The van der Waals surface area contributed by atoms with Crippen molar-refractivity contribution in [2.24, 2.45) is 0 Å². The number of alkyl halides is 3. The van der Waals surface area contributed by atoms with Crippen molar-refractivity contribution in [1.82, 2.24) is 4.90 Å². The normalized spacial score (nSPS) is 13.9. The summed E-state index contributed by atoms with van der Waals surface area (Å²) in [7, 11) is 1.26. The van der Waals surface area contributed by atoms with Gasteiger partial charge in [0.1, 0.15) is 11.6 Å². The van der Waals surface area contributed by atoms with Gasteiger partial charge in [-0.25, -0.2) is 8.78 Å². The van der Waals surface area contributed by atoms with E-state index in [1.807, 2.05) is 0 Å². The van der Waals surface area contributed by atoms with Crippen LogP contribution in [-0.4, -0.2) is 36.3 Å². The maximum atomic E-state index is 12.9. The van der Waals surface area contributed by atoms with Crippen LogP contribution in [0.3, 0.4) is 0 Å². The van der Waals surface area contributed by atoms with Crippen molar-refractivity contribution < 1.29 is 27.1 Å². The van der Waals surface area contributed by atoms with E-state index in [0.717, 1.165) is 17.0 Å². The van der Waals surface area contributed by atoms with Gasteiger partial charge < -0.3 is 5.11 Å². The summed E-state index contributed by atoms with van der Waals surface area (Å²) in [5.74, 6) is -1.67. The molecule has 19 heavy (non-hydrogen) atoms. The number of hydrogen-bond acceptors (Lipinski definition) is 2. The molecule has 0 heterocycles. The molecule has 0 amide bonds. The fourth-order valence-electron chi connectivity index (χ4n) is 1.66. The molecule has 0 saturated heterocycles. The number of hydrogen-bond donors (Lipinski definition) is 1. The summed E-state index contributed by atoms with van der Waals surface area (Å²) in [6, 6.07) is 2.57. The number of rotatable bonds is 5. The predicted octanol–water partition coefficient (Wildman–Crippen LogP) is 2.88. The smallest absolute Gasteiger partial charge is 0.388 e. The van der Waals surface area contributed by atoms with Crippen molar-refractivity contribution in [2.75, 3.05) is 20.1 Å². The zero-order chi connectivity index (χ0) is 14.6. The highest BCUT2D eigenvalue weighted by Crippen LogP contribution is 2.21. The maximum absolute atomic E-state index is 12.9.